The Morgan fingerprint density at radius 1 is 1.10 bits per heavy atom. The summed E-state index contributed by atoms with van der Waals surface area (Å²) in [5, 5.41) is 9.21. The molecule has 106 valence electrons. The zero-order chi connectivity index (χ0) is 15.5. The minimum atomic E-state index is -4.46. The quantitative estimate of drug-likeness (QED) is 0.861. The van der Waals surface area contributed by atoms with Crippen molar-refractivity contribution in [2.75, 3.05) is 0 Å². The van der Waals surface area contributed by atoms with Crippen LogP contribution in [0.2, 0.25) is 0 Å². The predicted molar refractivity (Wildman–Crippen MR) is 72.3 cm³/mol. The number of allylic oxidation sites excluding steroid dienone is 1. The molecular formula is C15H10F3N3. The Labute approximate surface area is 119 Å². The van der Waals surface area contributed by atoms with Crippen LogP contribution in [0.1, 0.15) is 16.7 Å². The van der Waals surface area contributed by atoms with Crippen molar-refractivity contribution in [2.45, 2.75) is 6.18 Å². The average Bonchev–Trinajstić information content (AvgIpc) is 2.48. The molecule has 0 atom stereocenters. The van der Waals surface area contributed by atoms with E-state index in [4.69, 9.17) is 5.73 Å². The third-order valence-electron chi connectivity index (χ3n) is 2.85. The van der Waals surface area contributed by atoms with E-state index in [1.165, 1.54) is 24.5 Å². The Bertz CT molecular complexity index is 713. The van der Waals surface area contributed by atoms with Crippen molar-refractivity contribution in [3.8, 4) is 6.07 Å². The van der Waals surface area contributed by atoms with Gasteiger partial charge in [-0.3, -0.25) is 4.98 Å². The largest absolute Gasteiger partial charge is 0.416 e. The molecule has 0 aliphatic heterocycles. The Balaban J connectivity index is 2.55. The van der Waals surface area contributed by atoms with Crippen LogP contribution < -0.4 is 5.73 Å². The number of pyridine rings is 1. The second kappa shape index (κ2) is 5.67. The van der Waals surface area contributed by atoms with E-state index in [0.29, 0.717) is 5.56 Å². The van der Waals surface area contributed by atoms with Crippen molar-refractivity contribution < 1.29 is 13.2 Å². The van der Waals surface area contributed by atoms with Gasteiger partial charge in [-0.1, -0.05) is 12.1 Å². The number of nitrogens with two attached hydrogens (primary N) is 1. The summed E-state index contributed by atoms with van der Waals surface area (Å²) in [4.78, 5) is 3.82. The number of hydrogen-bond donors (Lipinski definition) is 1. The third-order valence-corrected chi connectivity index (χ3v) is 2.85. The molecule has 0 saturated heterocycles. The van der Waals surface area contributed by atoms with E-state index >= 15 is 0 Å². The molecule has 1 aromatic carbocycles. The first kappa shape index (κ1) is 14.6. The van der Waals surface area contributed by atoms with Crippen LogP contribution in [0.4, 0.5) is 13.2 Å². The zero-order valence-corrected chi connectivity index (χ0v) is 10.7. The summed E-state index contributed by atoms with van der Waals surface area (Å²) in [5.74, 6) is 0. The van der Waals surface area contributed by atoms with Gasteiger partial charge in [0.15, 0.2) is 0 Å². The fourth-order valence-corrected chi connectivity index (χ4v) is 1.81. The summed E-state index contributed by atoms with van der Waals surface area (Å²) in [5.41, 5.74) is 5.81. The average molecular weight is 289 g/mol. The van der Waals surface area contributed by atoms with Crippen LogP contribution in [0.5, 0.6) is 0 Å². The van der Waals surface area contributed by atoms with E-state index in [-0.39, 0.29) is 16.8 Å². The van der Waals surface area contributed by atoms with Gasteiger partial charge in [-0.05, 0) is 35.4 Å². The maximum absolute atomic E-state index is 12.7. The van der Waals surface area contributed by atoms with E-state index in [2.05, 4.69) is 4.98 Å². The second-order valence-corrected chi connectivity index (χ2v) is 4.21. The molecule has 0 aliphatic carbocycles. The van der Waals surface area contributed by atoms with Gasteiger partial charge < -0.3 is 5.73 Å². The summed E-state index contributed by atoms with van der Waals surface area (Å²) in [6.45, 7) is 0. The Kier molecular flexibility index (Phi) is 3.94. The number of aromatic nitrogens is 1. The SMILES string of the molecule is N#C/C(=C(/N)c1cccc(C(F)(F)F)c1)c1ccncc1. The lowest BCUT2D eigenvalue weighted by atomic mass is 10.0. The van der Waals surface area contributed by atoms with E-state index < -0.39 is 11.7 Å². The van der Waals surface area contributed by atoms with Crippen molar-refractivity contribution in [3.63, 3.8) is 0 Å². The molecule has 2 rings (SSSR count). The topological polar surface area (TPSA) is 62.7 Å². The number of benzene rings is 1. The molecule has 2 N–H and O–H groups in total. The first-order valence-electron chi connectivity index (χ1n) is 5.91. The lowest BCUT2D eigenvalue weighted by molar-refractivity contribution is -0.137. The first-order chi connectivity index (χ1) is 9.93. The van der Waals surface area contributed by atoms with Crippen LogP contribution in [0, 0.1) is 11.3 Å². The Hall–Kier alpha value is -2.81. The fraction of sp³-hybridized carbons (Fsp3) is 0.0667. The molecule has 6 heteroatoms. The highest BCUT2D eigenvalue weighted by Crippen LogP contribution is 2.31. The van der Waals surface area contributed by atoms with Gasteiger partial charge in [-0.2, -0.15) is 18.4 Å². The lowest BCUT2D eigenvalue weighted by Crippen LogP contribution is -2.07. The van der Waals surface area contributed by atoms with E-state index in [1.54, 1.807) is 12.1 Å². The van der Waals surface area contributed by atoms with Gasteiger partial charge in [0.05, 0.1) is 16.8 Å². The number of hydrogen-bond acceptors (Lipinski definition) is 3. The fourth-order valence-electron chi connectivity index (χ4n) is 1.81. The van der Waals surface area contributed by atoms with Crippen molar-refractivity contribution >= 4 is 11.3 Å². The molecule has 1 heterocycles. The Morgan fingerprint density at radius 2 is 1.76 bits per heavy atom. The smallest absolute Gasteiger partial charge is 0.397 e. The van der Waals surface area contributed by atoms with E-state index in [9.17, 15) is 18.4 Å². The van der Waals surface area contributed by atoms with Crippen molar-refractivity contribution in [2.24, 2.45) is 5.73 Å². The lowest BCUT2D eigenvalue weighted by Gasteiger charge is -2.10. The molecule has 1 aromatic heterocycles. The van der Waals surface area contributed by atoms with Crippen LogP contribution in [-0.4, -0.2) is 4.98 Å². The molecule has 0 saturated carbocycles. The highest BCUT2D eigenvalue weighted by molar-refractivity contribution is 5.95. The molecule has 21 heavy (non-hydrogen) atoms. The van der Waals surface area contributed by atoms with Gasteiger partial charge in [0.2, 0.25) is 0 Å². The monoisotopic (exact) mass is 289 g/mol. The van der Waals surface area contributed by atoms with Gasteiger partial charge in [0.25, 0.3) is 0 Å². The number of rotatable bonds is 2. The summed E-state index contributed by atoms with van der Waals surface area (Å²) in [7, 11) is 0. The summed E-state index contributed by atoms with van der Waals surface area (Å²) < 4.78 is 38.1. The molecule has 0 amide bonds. The van der Waals surface area contributed by atoms with E-state index in [1.807, 2.05) is 6.07 Å². The molecule has 0 fully saturated rings. The number of nitriles is 1. The first-order valence-corrected chi connectivity index (χ1v) is 5.91. The maximum Gasteiger partial charge on any atom is 0.416 e. The zero-order valence-electron chi connectivity index (χ0n) is 10.7. The highest BCUT2D eigenvalue weighted by atomic mass is 19.4. The molecule has 2 aromatic rings. The second-order valence-electron chi connectivity index (χ2n) is 4.21. The van der Waals surface area contributed by atoms with Crippen LogP contribution in [0.25, 0.3) is 11.3 Å². The molecule has 0 spiro atoms. The van der Waals surface area contributed by atoms with Crippen LogP contribution in [0.15, 0.2) is 48.8 Å². The summed E-state index contributed by atoms with van der Waals surface area (Å²) in [6.07, 6.45) is -1.50. The van der Waals surface area contributed by atoms with Crippen LogP contribution in [0.3, 0.4) is 0 Å². The van der Waals surface area contributed by atoms with Crippen molar-refractivity contribution in [1.82, 2.24) is 4.98 Å². The molecular weight excluding hydrogens is 279 g/mol. The van der Waals surface area contributed by atoms with Gasteiger partial charge in [0.1, 0.15) is 6.07 Å². The van der Waals surface area contributed by atoms with Crippen molar-refractivity contribution in [1.29, 1.82) is 5.26 Å². The van der Waals surface area contributed by atoms with Gasteiger partial charge in [0, 0.05) is 12.4 Å². The maximum atomic E-state index is 12.7. The minimum Gasteiger partial charge on any atom is -0.397 e. The summed E-state index contributed by atoms with van der Waals surface area (Å²) >= 11 is 0. The van der Waals surface area contributed by atoms with E-state index in [0.717, 1.165) is 12.1 Å². The number of nitrogens with zero attached hydrogens (tertiary/aromatic N) is 2. The highest BCUT2D eigenvalue weighted by Gasteiger charge is 2.30. The standard InChI is InChI=1S/C15H10F3N3/c16-15(17,18)12-3-1-2-11(8-12)14(20)13(9-19)10-4-6-21-7-5-10/h1-8H,20H2/b14-13-. The van der Waals surface area contributed by atoms with Gasteiger partial charge in [-0.15, -0.1) is 0 Å². The molecule has 3 nitrogen and oxygen atoms in total. The molecule has 0 unspecified atom stereocenters. The molecule has 0 radical (unpaired) electrons. The normalized spacial score (nSPS) is 12.5. The third kappa shape index (κ3) is 3.20. The van der Waals surface area contributed by atoms with Crippen LogP contribution in [-0.2, 0) is 6.18 Å². The minimum absolute atomic E-state index is 0.00481. The number of alkyl halides is 3. The molecule has 0 aliphatic rings. The van der Waals surface area contributed by atoms with Crippen LogP contribution >= 0.6 is 0 Å². The van der Waals surface area contributed by atoms with Gasteiger partial charge in [-0.25, -0.2) is 0 Å². The molecule has 0 bridgehead atoms. The van der Waals surface area contributed by atoms with Crippen molar-refractivity contribution in [3.05, 3.63) is 65.5 Å². The summed E-state index contributed by atoms with van der Waals surface area (Å²) in [6, 6.07) is 9.63. The number of halogens is 3. The predicted octanol–water partition coefficient (Wildman–Crippen LogP) is 3.45. The van der Waals surface area contributed by atoms with Gasteiger partial charge >= 0.3 is 6.18 Å². The Morgan fingerprint density at radius 3 is 2.33 bits per heavy atom.